The summed E-state index contributed by atoms with van der Waals surface area (Å²) in [6, 6.07) is 9.91. The second kappa shape index (κ2) is 10.9. The van der Waals surface area contributed by atoms with Crippen molar-refractivity contribution in [2.24, 2.45) is 10.8 Å². The van der Waals surface area contributed by atoms with Crippen LogP contribution in [0.2, 0.25) is 0 Å². The monoisotopic (exact) mass is 647 g/mol. The van der Waals surface area contributed by atoms with E-state index in [1.165, 1.54) is 29.7 Å². The number of pyridine rings is 1. The first-order valence-corrected chi connectivity index (χ1v) is 16.2. The summed E-state index contributed by atoms with van der Waals surface area (Å²) in [5, 5.41) is 15.1. The predicted molar refractivity (Wildman–Crippen MR) is 176 cm³/mol. The number of likely N-dealkylation sites (tertiary alicyclic amines) is 1. The van der Waals surface area contributed by atoms with Crippen LogP contribution in [0.25, 0.3) is 16.8 Å². The van der Waals surface area contributed by atoms with Crippen molar-refractivity contribution in [2.45, 2.75) is 66.5 Å². The van der Waals surface area contributed by atoms with Crippen molar-refractivity contribution in [3.8, 4) is 17.3 Å². The number of hydrogen-bond donors (Lipinski definition) is 0. The van der Waals surface area contributed by atoms with Gasteiger partial charge in [-0.05, 0) is 62.9 Å². The molecule has 2 aliphatic heterocycles. The highest BCUT2D eigenvalue weighted by Gasteiger charge is 2.64. The Morgan fingerprint density at radius 2 is 1.83 bits per heavy atom. The lowest BCUT2D eigenvalue weighted by Crippen LogP contribution is -2.81. The van der Waals surface area contributed by atoms with Crippen LogP contribution < -0.4 is 9.80 Å². The van der Waals surface area contributed by atoms with Gasteiger partial charge >= 0.3 is 6.09 Å². The molecule has 1 amide bonds. The molecule has 1 atom stereocenters. The number of ether oxygens (including phenoxy) is 1. The summed E-state index contributed by atoms with van der Waals surface area (Å²) < 4.78 is 36.5. The molecule has 4 aromatic rings. The molecule has 9 nitrogen and oxygen atoms in total. The van der Waals surface area contributed by atoms with E-state index >= 15 is 4.39 Å². The Labute approximate surface area is 272 Å². The topological polar surface area (TPSA) is 90.0 Å². The molecule has 2 aliphatic rings. The van der Waals surface area contributed by atoms with Gasteiger partial charge in [-0.25, -0.2) is 23.1 Å². The van der Waals surface area contributed by atoms with Crippen LogP contribution in [-0.4, -0.2) is 63.9 Å². The number of anilines is 3. The fourth-order valence-electron chi connectivity index (χ4n) is 7.13. The second-order valence-corrected chi connectivity index (χ2v) is 15.4. The molecule has 1 unspecified atom stereocenters. The minimum Gasteiger partial charge on any atom is -0.444 e. The van der Waals surface area contributed by atoms with Crippen LogP contribution in [-0.2, 0) is 11.2 Å². The van der Waals surface area contributed by atoms with Crippen molar-refractivity contribution < 1.29 is 18.3 Å². The number of nitrogens with zero attached hydrogens (tertiary/aromatic N) is 7. The third-order valence-corrected chi connectivity index (χ3v) is 9.75. The average Bonchev–Trinajstić information content (AvgIpc) is 3.51. The van der Waals surface area contributed by atoms with Crippen LogP contribution in [0.15, 0.2) is 36.5 Å². The highest BCUT2D eigenvalue weighted by Crippen LogP contribution is 2.54. The molecule has 2 saturated heterocycles. The maximum Gasteiger partial charge on any atom is 0.410 e. The molecular formula is C34H39F2N7O2S. The number of benzene rings is 1. The first kappa shape index (κ1) is 31.7. The molecule has 46 heavy (non-hydrogen) atoms. The first-order valence-electron chi connectivity index (χ1n) is 15.4. The standard InChI is InChI=1S/C34H39F2N7O2S/c1-9-23-28(40(8)30-38-27(26(15-37)46-30)20-10-12-21(35)13-11-20)25-14-24(22(36)16-43(25)39-23)41-17-34(18-41)19-42(29(34)32(2,3)4)31(44)45-33(5,6)7/h10-14,16,29H,9,17-19H2,1-8H3. The SMILES string of the molecule is CCc1nn2cc(F)c(N3CC4(C3)CN(C(=O)OC(C)(C)C)C4C(C)(C)C)cc2c1N(C)c1nc(-c2ccc(F)cc2)c(C#N)s1. The van der Waals surface area contributed by atoms with Gasteiger partial charge in [-0.3, -0.25) is 0 Å². The summed E-state index contributed by atoms with van der Waals surface area (Å²) in [4.78, 5) is 24.0. The summed E-state index contributed by atoms with van der Waals surface area (Å²) in [6.45, 7) is 15.8. The molecule has 12 heteroatoms. The van der Waals surface area contributed by atoms with Crippen LogP contribution in [0.3, 0.4) is 0 Å². The fraction of sp³-hybridized carbons (Fsp3) is 0.471. The molecule has 0 aliphatic carbocycles. The summed E-state index contributed by atoms with van der Waals surface area (Å²) in [7, 11) is 1.86. The van der Waals surface area contributed by atoms with E-state index in [4.69, 9.17) is 9.72 Å². The smallest absolute Gasteiger partial charge is 0.410 e. The number of hydrogen-bond acceptors (Lipinski definition) is 8. The van der Waals surface area contributed by atoms with Crippen molar-refractivity contribution in [1.82, 2.24) is 19.5 Å². The molecule has 1 aromatic carbocycles. The Morgan fingerprint density at radius 3 is 2.41 bits per heavy atom. The van der Waals surface area contributed by atoms with E-state index < -0.39 is 5.60 Å². The molecule has 0 saturated carbocycles. The lowest BCUT2D eigenvalue weighted by molar-refractivity contribution is -0.134. The number of thiazole rings is 1. The molecule has 0 radical (unpaired) electrons. The number of nitriles is 1. The molecular weight excluding hydrogens is 608 g/mol. The average molecular weight is 648 g/mol. The Bertz CT molecular complexity index is 1860. The molecule has 0 N–H and O–H groups in total. The summed E-state index contributed by atoms with van der Waals surface area (Å²) >= 11 is 1.24. The molecule has 1 spiro atoms. The van der Waals surface area contributed by atoms with Gasteiger partial charge in [0.25, 0.3) is 0 Å². The zero-order chi connectivity index (χ0) is 33.3. The van der Waals surface area contributed by atoms with Crippen LogP contribution >= 0.6 is 11.3 Å². The van der Waals surface area contributed by atoms with E-state index in [9.17, 15) is 14.4 Å². The minimum absolute atomic E-state index is 0.0456. The van der Waals surface area contributed by atoms with Gasteiger partial charge in [-0.1, -0.05) is 39.0 Å². The molecule has 6 rings (SSSR count). The number of rotatable bonds is 5. The van der Waals surface area contributed by atoms with Gasteiger partial charge in [-0.2, -0.15) is 10.4 Å². The van der Waals surface area contributed by atoms with Gasteiger partial charge in [0.05, 0.1) is 34.8 Å². The number of aryl methyl sites for hydroxylation is 1. The lowest BCUT2D eigenvalue weighted by atomic mass is 9.58. The van der Waals surface area contributed by atoms with Crippen LogP contribution in [0.5, 0.6) is 0 Å². The van der Waals surface area contributed by atoms with E-state index in [1.807, 2.05) is 55.5 Å². The van der Waals surface area contributed by atoms with E-state index in [1.54, 1.807) is 16.6 Å². The third-order valence-electron chi connectivity index (χ3n) is 8.71. The summed E-state index contributed by atoms with van der Waals surface area (Å²) in [5.74, 6) is -0.742. The van der Waals surface area contributed by atoms with Crippen molar-refractivity contribution in [2.75, 3.05) is 36.5 Å². The van der Waals surface area contributed by atoms with Gasteiger partial charge in [0, 0.05) is 37.7 Å². The zero-order valence-corrected chi connectivity index (χ0v) is 28.3. The van der Waals surface area contributed by atoms with Gasteiger partial charge in [0.1, 0.15) is 28.1 Å². The Hall–Kier alpha value is -4.24. The number of halogens is 2. The number of fused-ring (bicyclic) bond motifs is 1. The predicted octanol–water partition coefficient (Wildman–Crippen LogP) is 7.41. The van der Waals surface area contributed by atoms with Gasteiger partial charge in [0.2, 0.25) is 0 Å². The van der Waals surface area contributed by atoms with E-state index in [0.29, 0.717) is 58.5 Å². The van der Waals surface area contributed by atoms with Crippen LogP contribution in [0, 0.1) is 33.8 Å². The largest absolute Gasteiger partial charge is 0.444 e. The fourth-order valence-corrected chi connectivity index (χ4v) is 7.99. The van der Waals surface area contributed by atoms with E-state index in [2.05, 4.69) is 31.9 Å². The Kier molecular flexibility index (Phi) is 7.54. The van der Waals surface area contributed by atoms with Gasteiger partial charge < -0.3 is 19.4 Å². The number of carbonyl (C=O) groups is 1. The molecule has 2 fully saturated rings. The summed E-state index contributed by atoms with van der Waals surface area (Å²) in [5.41, 5.74) is 2.92. The third kappa shape index (κ3) is 5.34. The van der Waals surface area contributed by atoms with Crippen LogP contribution in [0.1, 0.15) is 59.0 Å². The maximum absolute atomic E-state index is 15.7. The lowest BCUT2D eigenvalue weighted by Gasteiger charge is -2.68. The van der Waals surface area contributed by atoms with Crippen molar-refractivity contribution >= 4 is 39.5 Å². The van der Waals surface area contributed by atoms with E-state index in [-0.39, 0.29) is 34.6 Å². The van der Waals surface area contributed by atoms with Gasteiger partial charge in [-0.15, -0.1) is 0 Å². The molecule has 3 aromatic heterocycles. The highest BCUT2D eigenvalue weighted by molar-refractivity contribution is 7.16. The van der Waals surface area contributed by atoms with Gasteiger partial charge in [0.15, 0.2) is 10.9 Å². The first-order chi connectivity index (χ1) is 21.5. The van der Waals surface area contributed by atoms with Crippen molar-refractivity contribution in [1.29, 1.82) is 5.26 Å². The van der Waals surface area contributed by atoms with Crippen molar-refractivity contribution in [3.05, 3.63) is 58.7 Å². The molecule has 242 valence electrons. The second-order valence-electron chi connectivity index (χ2n) is 14.4. The summed E-state index contributed by atoms with van der Waals surface area (Å²) in [6.07, 6.45) is 1.70. The van der Waals surface area contributed by atoms with Crippen molar-refractivity contribution in [3.63, 3.8) is 0 Å². The maximum atomic E-state index is 15.7. The van der Waals surface area contributed by atoms with Crippen LogP contribution in [0.4, 0.5) is 30.1 Å². The number of aromatic nitrogens is 3. The number of carbonyl (C=O) groups excluding carboxylic acids is 1. The molecule has 0 bridgehead atoms. The zero-order valence-electron chi connectivity index (χ0n) is 27.5. The number of amides is 1. The quantitative estimate of drug-likeness (QED) is 0.223. The Balaban J connectivity index is 1.31. The Morgan fingerprint density at radius 1 is 1.15 bits per heavy atom. The highest BCUT2D eigenvalue weighted by atomic mass is 32.1. The van der Waals surface area contributed by atoms with E-state index in [0.717, 1.165) is 11.4 Å². The molecule has 5 heterocycles. The minimum atomic E-state index is -0.586. The normalized spacial score (nSPS) is 17.5.